The van der Waals surface area contributed by atoms with Crippen molar-refractivity contribution in [2.24, 2.45) is 10.2 Å². The largest absolute Gasteiger partial charge is 0.355 e. The number of amides is 1. The van der Waals surface area contributed by atoms with Crippen LogP contribution in [0.3, 0.4) is 0 Å². The molecule has 4 nitrogen and oxygen atoms in total. The molecule has 1 amide bonds. The minimum absolute atomic E-state index is 0.169. The summed E-state index contributed by atoms with van der Waals surface area (Å²) in [4.78, 5) is 11.6. The molecule has 0 spiro atoms. The van der Waals surface area contributed by atoms with E-state index in [0.29, 0.717) is 11.3 Å². The molecule has 0 unspecified atom stereocenters. The summed E-state index contributed by atoms with van der Waals surface area (Å²) in [6, 6.07) is 16.5. The van der Waals surface area contributed by atoms with Gasteiger partial charge in [0.1, 0.15) is 0 Å². The van der Waals surface area contributed by atoms with Crippen LogP contribution in [0.5, 0.6) is 0 Å². The van der Waals surface area contributed by atoms with Crippen molar-refractivity contribution < 1.29 is 4.79 Å². The Balaban J connectivity index is 2.29. The van der Waals surface area contributed by atoms with E-state index >= 15 is 0 Å². The summed E-state index contributed by atoms with van der Waals surface area (Å²) in [5.74, 6) is -0.169. The Labute approximate surface area is 105 Å². The highest BCUT2D eigenvalue weighted by Crippen LogP contribution is 2.21. The first kappa shape index (κ1) is 12.0. The van der Waals surface area contributed by atoms with Gasteiger partial charge in [0.15, 0.2) is 0 Å². The van der Waals surface area contributed by atoms with Crippen molar-refractivity contribution in [1.29, 1.82) is 0 Å². The number of hydrogen-bond donors (Lipinski definition) is 1. The van der Waals surface area contributed by atoms with Crippen molar-refractivity contribution in [3.8, 4) is 0 Å². The second kappa shape index (κ2) is 5.72. The van der Waals surface area contributed by atoms with Crippen molar-refractivity contribution in [2.45, 2.75) is 0 Å². The lowest BCUT2D eigenvalue weighted by atomic mass is 10.2. The SMILES string of the molecule is CNC(=O)c1ccccc1N=Nc1ccccc1. The Kier molecular flexibility index (Phi) is 3.81. The number of benzene rings is 2. The van der Waals surface area contributed by atoms with E-state index in [1.54, 1.807) is 25.2 Å². The van der Waals surface area contributed by atoms with Gasteiger partial charge in [0.2, 0.25) is 0 Å². The van der Waals surface area contributed by atoms with E-state index in [0.717, 1.165) is 5.69 Å². The fraction of sp³-hybridized carbons (Fsp3) is 0.0714. The summed E-state index contributed by atoms with van der Waals surface area (Å²) >= 11 is 0. The van der Waals surface area contributed by atoms with Gasteiger partial charge in [-0.05, 0) is 24.3 Å². The molecule has 0 heterocycles. The van der Waals surface area contributed by atoms with Crippen LogP contribution >= 0.6 is 0 Å². The Hall–Kier alpha value is -2.49. The summed E-state index contributed by atoms with van der Waals surface area (Å²) in [6.07, 6.45) is 0. The van der Waals surface area contributed by atoms with E-state index in [2.05, 4.69) is 15.5 Å². The highest BCUT2D eigenvalue weighted by molar-refractivity contribution is 5.98. The summed E-state index contributed by atoms with van der Waals surface area (Å²) in [6.45, 7) is 0. The minimum Gasteiger partial charge on any atom is -0.355 e. The maximum atomic E-state index is 11.6. The Morgan fingerprint density at radius 1 is 0.944 bits per heavy atom. The van der Waals surface area contributed by atoms with Crippen LogP contribution in [-0.2, 0) is 0 Å². The third-order valence-corrected chi connectivity index (χ3v) is 2.41. The summed E-state index contributed by atoms with van der Waals surface area (Å²) in [7, 11) is 1.59. The fourth-order valence-corrected chi connectivity index (χ4v) is 1.49. The van der Waals surface area contributed by atoms with Crippen LogP contribution in [0.15, 0.2) is 64.8 Å². The van der Waals surface area contributed by atoms with Crippen LogP contribution < -0.4 is 5.32 Å². The summed E-state index contributed by atoms with van der Waals surface area (Å²) in [5.41, 5.74) is 1.82. The average molecular weight is 239 g/mol. The number of nitrogens with zero attached hydrogens (tertiary/aromatic N) is 2. The van der Waals surface area contributed by atoms with Crippen LogP contribution in [-0.4, -0.2) is 13.0 Å². The second-order valence-corrected chi connectivity index (χ2v) is 3.63. The molecule has 0 aliphatic heterocycles. The highest BCUT2D eigenvalue weighted by atomic mass is 16.1. The van der Waals surface area contributed by atoms with Gasteiger partial charge in [-0.1, -0.05) is 30.3 Å². The maximum Gasteiger partial charge on any atom is 0.253 e. The topological polar surface area (TPSA) is 53.8 Å². The molecule has 0 saturated carbocycles. The van der Waals surface area contributed by atoms with E-state index in [-0.39, 0.29) is 5.91 Å². The lowest BCUT2D eigenvalue weighted by molar-refractivity contribution is 0.0964. The number of azo groups is 1. The first-order chi connectivity index (χ1) is 8.81. The maximum absolute atomic E-state index is 11.6. The van der Waals surface area contributed by atoms with E-state index in [9.17, 15) is 4.79 Å². The summed E-state index contributed by atoms with van der Waals surface area (Å²) < 4.78 is 0. The average Bonchev–Trinajstić information content (AvgIpc) is 2.45. The molecule has 18 heavy (non-hydrogen) atoms. The van der Waals surface area contributed by atoms with Crippen molar-refractivity contribution in [2.75, 3.05) is 7.05 Å². The Bertz CT molecular complexity index is 564. The molecule has 0 aliphatic carbocycles. The van der Waals surface area contributed by atoms with Crippen LogP contribution in [0.25, 0.3) is 0 Å². The smallest absolute Gasteiger partial charge is 0.253 e. The van der Waals surface area contributed by atoms with E-state index < -0.39 is 0 Å². The van der Waals surface area contributed by atoms with Crippen molar-refractivity contribution >= 4 is 17.3 Å². The van der Waals surface area contributed by atoms with Crippen LogP contribution in [0.2, 0.25) is 0 Å². The highest BCUT2D eigenvalue weighted by Gasteiger charge is 2.07. The van der Waals surface area contributed by atoms with Crippen molar-refractivity contribution in [3.63, 3.8) is 0 Å². The van der Waals surface area contributed by atoms with Gasteiger partial charge in [0, 0.05) is 7.05 Å². The molecule has 2 aromatic carbocycles. The molecule has 0 aliphatic rings. The van der Waals surface area contributed by atoms with Gasteiger partial charge in [-0.3, -0.25) is 4.79 Å². The standard InChI is InChI=1S/C14H13N3O/c1-15-14(18)12-9-5-6-10-13(12)17-16-11-7-3-2-4-8-11/h2-10H,1H3,(H,15,18). The minimum atomic E-state index is -0.169. The predicted octanol–water partition coefficient (Wildman–Crippen LogP) is 3.46. The number of carbonyl (C=O) groups excluding carboxylic acids is 1. The monoisotopic (exact) mass is 239 g/mol. The first-order valence-corrected chi connectivity index (χ1v) is 5.59. The zero-order valence-electron chi connectivity index (χ0n) is 10.00. The molecule has 0 atom stereocenters. The third kappa shape index (κ3) is 2.79. The molecular formula is C14H13N3O. The Morgan fingerprint density at radius 2 is 1.61 bits per heavy atom. The van der Waals surface area contributed by atoms with Gasteiger partial charge in [-0.15, -0.1) is 5.11 Å². The van der Waals surface area contributed by atoms with Gasteiger partial charge in [0.05, 0.1) is 16.9 Å². The molecule has 4 heteroatoms. The number of carbonyl (C=O) groups is 1. The zero-order valence-corrected chi connectivity index (χ0v) is 10.00. The van der Waals surface area contributed by atoms with Crippen molar-refractivity contribution in [1.82, 2.24) is 5.32 Å². The lowest BCUT2D eigenvalue weighted by Crippen LogP contribution is -2.17. The molecule has 90 valence electrons. The normalized spacial score (nSPS) is 10.5. The molecule has 0 fully saturated rings. The number of nitrogens with one attached hydrogen (secondary N) is 1. The molecule has 0 saturated heterocycles. The first-order valence-electron chi connectivity index (χ1n) is 5.59. The van der Waals surface area contributed by atoms with Gasteiger partial charge in [0.25, 0.3) is 5.91 Å². The van der Waals surface area contributed by atoms with Crippen molar-refractivity contribution in [3.05, 3.63) is 60.2 Å². The van der Waals surface area contributed by atoms with Gasteiger partial charge in [-0.25, -0.2) is 0 Å². The van der Waals surface area contributed by atoms with E-state index in [1.165, 1.54) is 0 Å². The van der Waals surface area contributed by atoms with Gasteiger partial charge >= 0.3 is 0 Å². The number of rotatable bonds is 3. The molecule has 2 rings (SSSR count). The molecular weight excluding hydrogens is 226 g/mol. The van der Waals surface area contributed by atoms with Crippen LogP contribution in [0, 0.1) is 0 Å². The quantitative estimate of drug-likeness (QED) is 0.819. The van der Waals surface area contributed by atoms with Gasteiger partial charge in [-0.2, -0.15) is 5.11 Å². The molecule has 0 bridgehead atoms. The number of hydrogen-bond acceptors (Lipinski definition) is 3. The zero-order chi connectivity index (χ0) is 12.8. The van der Waals surface area contributed by atoms with E-state index in [4.69, 9.17) is 0 Å². The van der Waals surface area contributed by atoms with E-state index in [1.807, 2.05) is 36.4 Å². The molecule has 0 radical (unpaired) electrons. The summed E-state index contributed by atoms with van der Waals surface area (Å²) in [5, 5.41) is 10.8. The molecule has 0 aromatic heterocycles. The molecule has 2 aromatic rings. The third-order valence-electron chi connectivity index (χ3n) is 2.41. The fourth-order valence-electron chi connectivity index (χ4n) is 1.49. The van der Waals surface area contributed by atoms with Crippen LogP contribution in [0.4, 0.5) is 11.4 Å². The van der Waals surface area contributed by atoms with Gasteiger partial charge < -0.3 is 5.32 Å². The molecule has 1 N–H and O–H groups in total. The predicted molar refractivity (Wildman–Crippen MR) is 70.5 cm³/mol. The lowest BCUT2D eigenvalue weighted by Gasteiger charge is -2.02. The van der Waals surface area contributed by atoms with Crippen LogP contribution in [0.1, 0.15) is 10.4 Å². The Morgan fingerprint density at radius 3 is 2.33 bits per heavy atom. The second-order valence-electron chi connectivity index (χ2n) is 3.63.